The fourth-order valence-corrected chi connectivity index (χ4v) is 2.52. The van der Waals surface area contributed by atoms with Crippen LogP contribution in [0.15, 0.2) is 28.8 Å². The summed E-state index contributed by atoms with van der Waals surface area (Å²) in [6.45, 7) is 6.02. The minimum Gasteiger partial charge on any atom is -0.338 e. The van der Waals surface area contributed by atoms with E-state index in [1.165, 1.54) is 12.1 Å². The van der Waals surface area contributed by atoms with Crippen LogP contribution in [-0.4, -0.2) is 41.2 Å². The molecule has 1 fully saturated rings. The quantitative estimate of drug-likeness (QED) is 0.905. The molecular formula is C15H21Cl2FN4O. The van der Waals surface area contributed by atoms with Crippen molar-refractivity contribution in [2.24, 2.45) is 0 Å². The fraction of sp³-hybridized carbons (Fsp3) is 0.467. The average Bonchev–Trinajstić information content (AvgIpc) is 2.98. The summed E-state index contributed by atoms with van der Waals surface area (Å²) >= 11 is 0. The number of halogens is 3. The molecule has 5 nitrogen and oxygen atoms in total. The zero-order chi connectivity index (χ0) is 14.7. The molecular weight excluding hydrogens is 342 g/mol. The normalized spacial score (nSPS) is 16.3. The lowest BCUT2D eigenvalue weighted by molar-refractivity contribution is 0.154. The third-order valence-electron chi connectivity index (χ3n) is 3.82. The van der Waals surface area contributed by atoms with Crippen molar-refractivity contribution >= 4 is 24.8 Å². The number of piperazine rings is 1. The van der Waals surface area contributed by atoms with Gasteiger partial charge in [-0.25, -0.2) is 4.39 Å². The van der Waals surface area contributed by atoms with E-state index in [2.05, 4.69) is 27.3 Å². The Morgan fingerprint density at radius 3 is 2.52 bits per heavy atom. The number of aromatic nitrogens is 2. The summed E-state index contributed by atoms with van der Waals surface area (Å²) in [7, 11) is 0. The Morgan fingerprint density at radius 1 is 1.22 bits per heavy atom. The van der Waals surface area contributed by atoms with E-state index in [1.807, 2.05) is 0 Å². The van der Waals surface area contributed by atoms with E-state index < -0.39 is 0 Å². The molecule has 0 spiro atoms. The van der Waals surface area contributed by atoms with Crippen molar-refractivity contribution in [3.63, 3.8) is 0 Å². The van der Waals surface area contributed by atoms with Crippen LogP contribution in [0.1, 0.15) is 30.2 Å². The maximum atomic E-state index is 12.9. The van der Waals surface area contributed by atoms with Gasteiger partial charge in [0.25, 0.3) is 0 Å². The lowest BCUT2D eigenvalue weighted by atomic mass is 10.1. The Labute approximate surface area is 147 Å². The van der Waals surface area contributed by atoms with Crippen LogP contribution in [0.5, 0.6) is 0 Å². The molecule has 0 saturated carbocycles. The van der Waals surface area contributed by atoms with Gasteiger partial charge < -0.3 is 9.84 Å². The predicted molar refractivity (Wildman–Crippen MR) is 90.9 cm³/mol. The second kappa shape index (κ2) is 9.17. The second-order valence-corrected chi connectivity index (χ2v) is 5.31. The average molecular weight is 363 g/mol. The van der Waals surface area contributed by atoms with Crippen molar-refractivity contribution < 1.29 is 8.91 Å². The first-order valence-corrected chi connectivity index (χ1v) is 7.24. The van der Waals surface area contributed by atoms with Crippen LogP contribution in [-0.2, 0) is 6.42 Å². The second-order valence-electron chi connectivity index (χ2n) is 5.31. The van der Waals surface area contributed by atoms with Crippen molar-refractivity contribution in [2.75, 3.05) is 26.2 Å². The van der Waals surface area contributed by atoms with Crippen LogP contribution in [0, 0.1) is 5.82 Å². The Bertz CT molecular complexity index is 587. The summed E-state index contributed by atoms with van der Waals surface area (Å²) in [6, 6.07) is 6.50. The number of hydrogen-bond donors (Lipinski definition) is 1. The zero-order valence-corrected chi connectivity index (χ0v) is 14.5. The molecule has 23 heavy (non-hydrogen) atoms. The molecule has 2 heterocycles. The summed E-state index contributed by atoms with van der Waals surface area (Å²) in [6.07, 6.45) is 0.554. The highest BCUT2D eigenvalue weighted by Crippen LogP contribution is 2.19. The summed E-state index contributed by atoms with van der Waals surface area (Å²) in [5.74, 6) is 1.05. The molecule has 3 rings (SSSR count). The molecule has 1 aromatic heterocycles. The lowest BCUT2D eigenvalue weighted by Gasteiger charge is -2.30. The molecule has 1 atom stereocenters. The van der Waals surface area contributed by atoms with Gasteiger partial charge >= 0.3 is 0 Å². The third-order valence-corrected chi connectivity index (χ3v) is 3.82. The van der Waals surface area contributed by atoms with E-state index in [4.69, 9.17) is 4.52 Å². The van der Waals surface area contributed by atoms with Crippen LogP contribution in [0.25, 0.3) is 0 Å². The molecule has 1 aromatic carbocycles. The minimum atomic E-state index is -0.236. The molecule has 0 bridgehead atoms. The first-order valence-electron chi connectivity index (χ1n) is 7.24. The van der Waals surface area contributed by atoms with Crippen LogP contribution < -0.4 is 5.32 Å². The van der Waals surface area contributed by atoms with Crippen molar-refractivity contribution in [3.05, 3.63) is 47.4 Å². The standard InChI is InChI=1S/C15H19FN4O.2ClH/c1-11(20-8-6-17-7-9-20)15-18-14(19-21-15)10-12-2-4-13(16)5-3-12;;/h2-5,11,17H,6-10H2,1H3;2*1H. The first kappa shape index (κ1) is 19.8. The SMILES string of the molecule is CC(c1nc(Cc2ccc(F)cc2)no1)N1CCNCC1.Cl.Cl. The monoisotopic (exact) mass is 362 g/mol. The van der Waals surface area contributed by atoms with E-state index in [-0.39, 0.29) is 36.7 Å². The van der Waals surface area contributed by atoms with E-state index in [1.54, 1.807) is 12.1 Å². The maximum absolute atomic E-state index is 12.9. The van der Waals surface area contributed by atoms with Crippen LogP contribution in [0.3, 0.4) is 0 Å². The zero-order valence-electron chi connectivity index (χ0n) is 12.9. The van der Waals surface area contributed by atoms with Gasteiger partial charge in [-0.15, -0.1) is 24.8 Å². The van der Waals surface area contributed by atoms with Crippen LogP contribution in [0.4, 0.5) is 4.39 Å². The van der Waals surface area contributed by atoms with E-state index in [0.29, 0.717) is 18.1 Å². The minimum absolute atomic E-state index is 0. The molecule has 8 heteroatoms. The molecule has 1 aliphatic rings. The molecule has 1 N–H and O–H groups in total. The van der Waals surface area contributed by atoms with Gasteiger partial charge in [0.15, 0.2) is 5.82 Å². The topological polar surface area (TPSA) is 54.2 Å². The van der Waals surface area contributed by atoms with Gasteiger partial charge in [-0.3, -0.25) is 4.90 Å². The van der Waals surface area contributed by atoms with Crippen molar-refractivity contribution in [1.29, 1.82) is 0 Å². The molecule has 1 unspecified atom stereocenters. The third kappa shape index (κ3) is 5.14. The summed E-state index contributed by atoms with van der Waals surface area (Å²) in [4.78, 5) is 6.79. The molecule has 128 valence electrons. The Balaban J connectivity index is 0.00000132. The van der Waals surface area contributed by atoms with Gasteiger partial charge in [-0.1, -0.05) is 17.3 Å². The number of nitrogens with one attached hydrogen (secondary N) is 1. The van der Waals surface area contributed by atoms with E-state index in [9.17, 15) is 4.39 Å². The fourth-order valence-electron chi connectivity index (χ4n) is 2.52. The predicted octanol–water partition coefficient (Wildman–Crippen LogP) is 2.61. The van der Waals surface area contributed by atoms with E-state index >= 15 is 0 Å². The number of rotatable bonds is 4. The van der Waals surface area contributed by atoms with Crippen LogP contribution in [0.2, 0.25) is 0 Å². The van der Waals surface area contributed by atoms with Gasteiger partial charge in [0, 0.05) is 32.6 Å². The Morgan fingerprint density at radius 2 is 1.87 bits per heavy atom. The van der Waals surface area contributed by atoms with Gasteiger partial charge in [-0.2, -0.15) is 4.98 Å². The highest BCUT2D eigenvalue weighted by Gasteiger charge is 2.22. The molecule has 1 aliphatic heterocycles. The molecule has 0 aliphatic carbocycles. The summed E-state index contributed by atoms with van der Waals surface area (Å²) < 4.78 is 18.3. The van der Waals surface area contributed by atoms with Gasteiger partial charge in [0.05, 0.1) is 6.04 Å². The Kier molecular flexibility index (Phi) is 7.91. The van der Waals surface area contributed by atoms with Crippen molar-refractivity contribution in [3.8, 4) is 0 Å². The first-order chi connectivity index (χ1) is 10.2. The highest BCUT2D eigenvalue weighted by molar-refractivity contribution is 5.85. The largest absolute Gasteiger partial charge is 0.338 e. The van der Waals surface area contributed by atoms with Gasteiger partial charge in [0.1, 0.15) is 5.82 Å². The number of hydrogen-bond acceptors (Lipinski definition) is 5. The maximum Gasteiger partial charge on any atom is 0.243 e. The van der Waals surface area contributed by atoms with Crippen molar-refractivity contribution in [2.45, 2.75) is 19.4 Å². The van der Waals surface area contributed by atoms with Gasteiger partial charge in [-0.05, 0) is 24.6 Å². The van der Waals surface area contributed by atoms with Gasteiger partial charge in [0.2, 0.25) is 5.89 Å². The smallest absolute Gasteiger partial charge is 0.243 e. The summed E-state index contributed by atoms with van der Waals surface area (Å²) in [5.41, 5.74) is 0.971. The molecule has 2 aromatic rings. The molecule has 0 amide bonds. The number of nitrogens with zero attached hydrogens (tertiary/aromatic N) is 3. The van der Waals surface area contributed by atoms with E-state index in [0.717, 1.165) is 31.7 Å². The lowest BCUT2D eigenvalue weighted by Crippen LogP contribution is -2.44. The van der Waals surface area contributed by atoms with Crippen LogP contribution >= 0.6 is 24.8 Å². The highest BCUT2D eigenvalue weighted by atomic mass is 35.5. The van der Waals surface area contributed by atoms with Crippen molar-refractivity contribution in [1.82, 2.24) is 20.4 Å². The number of benzene rings is 1. The molecule has 0 radical (unpaired) electrons. The summed E-state index contributed by atoms with van der Waals surface area (Å²) in [5, 5.41) is 7.35. The Hall–Kier alpha value is -1.21. The molecule has 1 saturated heterocycles.